The van der Waals surface area contributed by atoms with Gasteiger partial charge in [-0.15, -0.1) is 11.3 Å². The number of fused-ring (bicyclic) bond motifs is 2. The first kappa shape index (κ1) is 14.3. The van der Waals surface area contributed by atoms with Gasteiger partial charge in [-0.3, -0.25) is 9.20 Å². The molecule has 1 amide bonds. The third-order valence-corrected chi connectivity index (χ3v) is 5.25. The van der Waals surface area contributed by atoms with Gasteiger partial charge in [0.05, 0.1) is 22.3 Å². The van der Waals surface area contributed by atoms with E-state index in [9.17, 15) is 4.79 Å². The maximum atomic E-state index is 12.2. The zero-order chi connectivity index (χ0) is 16.0. The lowest BCUT2D eigenvalue weighted by Crippen LogP contribution is -2.14. The van der Waals surface area contributed by atoms with Gasteiger partial charge >= 0.3 is 0 Å². The van der Waals surface area contributed by atoms with Crippen LogP contribution >= 0.6 is 22.7 Å². The first-order valence-electron chi connectivity index (χ1n) is 7.17. The van der Waals surface area contributed by atoms with Crippen LogP contribution in [0.15, 0.2) is 29.9 Å². The average Bonchev–Trinajstić information content (AvgIpc) is 3.12. The average molecular weight is 342 g/mol. The number of aryl methyl sites for hydroxylation is 2. The number of amides is 1. The van der Waals surface area contributed by atoms with Gasteiger partial charge in [-0.1, -0.05) is 17.4 Å². The molecule has 3 aromatic heterocycles. The van der Waals surface area contributed by atoms with Gasteiger partial charge in [0, 0.05) is 17.8 Å². The van der Waals surface area contributed by atoms with Gasteiger partial charge in [-0.25, -0.2) is 9.97 Å². The first-order valence-corrected chi connectivity index (χ1v) is 8.87. The molecule has 1 N–H and O–H groups in total. The van der Waals surface area contributed by atoms with Gasteiger partial charge in [0.1, 0.15) is 0 Å². The van der Waals surface area contributed by atoms with Gasteiger partial charge in [-0.2, -0.15) is 0 Å². The van der Waals surface area contributed by atoms with Crippen molar-refractivity contribution in [3.05, 3.63) is 46.7 Å². The number of aromatic nitrogens is 3. The largest absolute Gasteiger partial charge is 0.302 e. The molecule has 0 aliphatic heterocycles. The van der Waals surface area contributed by atoms with E-state index in [1.165, 1.54) is 16.9 Å². The van der Waals surface area contributed by atoms with Crippen LogP contribution in [0.2, 0.25) is 0 Å². The molecule has 0 spiro atoms. The van der Waals surface area contributed by atoms with Crippen LogP contribution in [0.5, 0.6) is 0 Å². The second-order valence-electron chi connectivity index (χ2n) is 5.50. The van der Waals surface area contributed by atoms with Crippen molar-refractivity contribution in [1.82, 2.24) is 14.4 Å². The van der Waals surface area contributed by atoms with Crippen molar-refractivity contribution in [3.8, 4) is 0 Å². The smallest absolute Gasteiger partial charge is 0.232 e. The van der Waals surface area contributed by atoms with Crippen LogP contribution in [0.4, 0.5) is 5.13 Å². The van der Waals surface area contributed by atoms with Gasteiger partial charge in [0.25, 0.3) is 0 Å². The Morgan fingerprint density at radius 2 is 2.17 bits per heavy atom. The molecule has 0 radical (unpaired) electrons. The summed E-state index contributed by atoms with van der Waals surface area (Å²) >= 11 is 3.06. The van der Waals surface area contributed by atoms with E-state index in [1.807, 2.05) is 29.1 Å². The number of carbonyl (C=O) groups excluding carboxylic acids is 1. The molecule has 3 heterocycles. The number of benzene rings is 1. The topological polar surface area (TPSA) is 59.3 Å². The zero-order valence-electron chi connectivity index (χ0n) is 12.7. The summed E-state index contributed by atoms with van der Waals surface area (Å²) in [4.78, 5) is 22.1. The van der Waals surface area contributed by atoms with E-state index in [4.69, 9.17) is 0 Å². The van der Waals surface area contributed by atoms with Crippen LogP contribution in [-0.4, -0.2) is 20.3 Å². The molecule has 0 aliphatic rings. The Morgan fingerprint density at radius 3 is 3.00 bits per heavy atom. The number of nitrogens with zero attached hydrogens (tertiary/aromatic N) is 3. The number of anilines is 1. The van der Waals surface area contributed by atoms with E-state index in [2.05, 4.69) is 34.3 Å². The number of carbonyl (C=O) groups is 1. The Morgan fingerprint density at radius 1 is 1.30 bits per heavy atom. The lowest BCUT2D eigenvalue weighted by atomic mass is 10.1. The Balaban J connectivity index is 1.54. The minimum Gasteiger partial charge on any atom is -0.302 e. The van der Waals surface area contributed by atoms with E-state index in [1.54, 1.807) is 11.3 Å². The van der Waals surface area contributed by atoms with Crippen molar-refractivity contribution in [2.24, 2.45) is 0 Å². The maximum Gasteiger partial charge on any atom is 0.232 e. The Hall–Kier alpha value is -2.25. The minimum absolute atomic E-state index is 0.0933. The summed E-state index contributed by atoms with van der Waals surface area (Å²) in [6.45, 7) is 4.10. The minimum atomic E-state index is -0.0933. The SMILES string of the molecule is Cc1cc(C)c2nc(NC(=O)Cc3cn4ccsc4n3)sc2c1. The second kappa shape index (κ2) is 5.43. The van der Waals surface area contributed by atoms with Gasteiger partial charge < -0.3 is 5.32 Å². The summed E-state index contributed by atoms with van der Waals surface area (Å²) in [7, 11) is 0. The highest BCUT2D eigenvalue weighted by Crippen LogP contribution is 2.29. The van der Waals surface area contributed by atoms with Crippen LogP contribution in [0.3, 0.4) is 0 Å². The maximum absolute atomic E-state index is 12.2. The molecule has 1 aromatic carbocycles. The van der Waals surface area contributed by atoms with E-state index in [0.29, 0.717) is 5.13 Å². The molecular formula is C16H14N4OS2. The van der Waals surface area contributed by atoms with Crippen LogP contribution < -0.4 is 5.32 Å². The highest BCUT2D eigenvalue weighted by Gasteiger charge is 2.12. The van der Waals surface area contributed by atoms with Gasteiger partial charge in [0.2, 0.25) is 5.91 Å². The van der Waals surface area contributed by atoms with Crippen molar-refractivity contribution >= 4 is 48.9 Å². The van der Waals surface area contributed by atoms with Gasteiger partial charge in [0.15, 0.2) is 10.1 Å². The molecule has 0 saturated heterocycles. The van der Waals surface area contributed by atoms with E-state index in [-0.39, 0.29) is 12.3 Å². The highest BCUT2D eigenvalue weighted by atomic mass is 32.1. The molecule has 5 nitrogen and oxygen atoms in total. The van der Waals surface area contributed by atoms with Crippen LogP contribution in [0.25, 0.3) is 15.2 Å². The third-order valence-electron chi connectivity index (χ3n) is 3.56. The molecule has 0 atom stereocenters. The summed E-state index contributed by atoms with van der Waals surface area (Å²) in [5, 5.41) is 5.49. The van der Waals surface area contributed by atoms with Crippen LogP contribution in [0, 0.1) is 13.8 Å². The van der Waals surface area contributed by atoms with E-state index in [0.717, 1.165) is 26.4 Å². The summed E-state index contributed by atoms with van der Waals surface area (Å²) in [5.41, 5.74) is 4.06. The molecular weight excluding hydrogens is 328 g/mol. The van der Waals surface area contributed by atoms with Crippen molar-refractivity contribution in [2.75, 3.05) is 5.32 Å². The summed E-state index contributed by atoms with van der Waals surface area (Å²) in [6, 6.07) is 4.20. The quantitative estimate of drug-likeness (QED) is 0.616. The van der Waals surface area contributed by atoms with Crippen molar-refractivity contribution in [1.29, 1.82) is 0 Å². The summed E-state index contributed by atoms with van der Waals surface area (Å²) < 4.78 is 3.03. The molecule has 0 fully saturated rings. The molecule has 7 heteroatoms. The number of hydrogen-bond donors (Lipinski definition) is 1. The normalized spacial score (nSPS) is 11.4. The van der Waals surface area contributed by atoms with Crippen LogP contribution in [-0.2, 0) is 11.2 Å². The number of rotatable bonds is 3. The first-order chi connectivity index (χ1) is 11.1. The van der Waals surface area contributed by atoms with Crippen molar-refractivity contribution in [3.63, 3.8) is 0 Å². The van der Waals surface area contributed by atoms with Gasteiger partial charge in [-0.05, 0) is 31.0 Å². The molecule has 4 rings (SSSR count). The number of hydrogen-bond acceptors (Lipinski definition) is 5. The monoisotopic (exact) mass is 342 g/mol. The molecule has 116 valence electrons. The van der Waals surface area contributed by atoms with Crippen LogP contribution in [0.1, 0.15) is 16.8 Å². The molecule has 0 saturated carbocycles. The fourth-order valence-corrected chi connectivity index (χ4v) is 4.39. The molecule has 0 unspecified atom stereocenters. The summed E-state index contributed by atoms with van der Waals surface area (Å²) in [5.74, 6) is -0.0933. The molecule has 0 aliphatic carbocycles. The fourth-order valence-electron chi connectivity index (χ4n) is 2.61. The summed E-state index contributed by atoms with van der Waals surface area (Å²) in [6.07, 6.45) is 4.08. The Kier molecular flexibility index (Phi) is 3.39. The van der Waals surface area contributed by atoms with E-state index >= 15 is 0 Å². The van der Waals surface area contributed by atoms with Crippen molar-refractivity contribution < 1.29 is 4.79 Å². The predicted molar refractivity (Wildman–Crippen MR) is 94.5 cm³/mol. The number of imidazole rings is 1. The highest BCUT2D eigenvalue weighted by molar-refractivity contribution is 7.22. The lowest BCUT2D eigenvalue weighted by Gasteiger charge is -1.98. The Bertz CT molecular complexity index is 999. The molecule has 0 bridgehead atoms. The number of thiazole rings is 2. The van der Waals surface area contributed by atoms with E-state index < -0.39 is 0 Å². The predicted octanol–water partition coefficient (Wildman–Crippen LogP) is 3.80. The van der Waals surface area contributed by atoms with Crippen molar-refractivity contribution in [2.45, 2.75) is 20.3 Å². The molecule has 4 aromatic rings. The fraction of sp³-hybridized carbons (Fsp3) is 0.188. The third kappa shape index (κ3) is 2.73. The zero-order valence-corrected chi connectivity index (χ0v) is 14.3. The number of nitrogens with one attached hydrogen (secondary N) is 1. The lowest BCUT2D eigenvalue weighted by molar-refractivity contribution is -0.115. The second-order valence-corrected chi connectivity index (χ2v) is 7.40. The molecule has 23 heavy (non-hydrogen) atoms. The Labute approximate surface area is 140 Å². The standard InChI is InChI=1S/C16H14N4OS2/c1-9-5-10(2)14-12(6-9)23-15(19-14)18-13(21)7-11-8-20-3-4-22-16(20)17-11/h3-6,8H,7H2,1-2H3,(H,18,19,21).